The summed E-state index contributed by atoms with van der Waals surface area (Å²) in [6, 6.07) is 4.77. The molecule has 0 aromatic heterocycles. The number of benzene rings is 1. The predicted molar refractivity (Wildman–Crippen MR) is 79.2 cm³/mol. The van der Waals surface area contributed by atoms with Gasteiger partial charge < -0.3 is 10.2 Å². The van der Waals surface area contributed by atoms with Gasteiger partial charge in [-0.05, 0) is 49.4 Å². The lowest BCUT2D eigenvalue weighted by Gasteiger charge is -2.39. The van der Waals surface area contributed by atoms with E-state index in [1.54, 1.807) is 0 Å². The molecule has 1 aromatic rings. The van der Waals surface area contributed by atoms with Crippen molar-refractivity contribution in [3.8, 4) is 5.75 Å². The number of aliphatic hydroxyl groups is 1. The summed E-state index contributed by atoms with van der Waals surface area (Å²) in [7, 11) is 0. The number of aromatic hydroxyl groups is 1. The molecule has 0 radical (unpaired) electrons. The molecule has 1 amide bonds. The number of rotatable bonds is 1. The van der Waals surface area contributed by atoms with Crippen molar-refractivity contribution in [3.05, 3.63) is 29.8 Å². The molecule has 1 saturated carbocycles. The van der Waals surface area contributed by atoms with Crippen LogP contribution in [0, 0.1) is 11.8 Å². The van der Waals surface area contributed by atoms with Gasteiger partial charge in [0.25, 0.3) is 11.6 Å². The van der Waals surface area contributed by atoms with Crippen LogP contribution in [0.15, 0.2) is 29.4 Å². The Hall–Kier alpha value is -2.09. The fraction of sp³-hybridized carbons (Fsp3) is 0.500. The van der Waals surface area contributed by atoms with Crippen molar-refractivity contribution >= 4 is 11.6 Å². The van der Waals surface area contributed by atoms with Crippen LogP contribution in [0.4, 0.5) is 13.2 Å². The van der Waals surface area contributed by atoms with Gasteiger partial charge in [0.2, 0.25) is 0 Å². The first-order valence-corrected chi connectivity index (χ1v) is 7.64. The summed E-state index contributed by atoms with van der Waals surface area (Å²) >= 11 is 0. The van der Waals surface area contributed by atoms with Gasteiger partial charge >= 0.3 is 6.18 Å². The highest BCUT2D eigenvalue weighted by molar-refractivity contribution is 5.99. The molecule has 0 bridgehead atoms. The SMILES string of the molecule is C[C@@H]1CCC2=NN(C(=O)c3ccc(O)cc3)[C@@](O)(C(F)(F)F)[C@@H]2C1. The molecule has 3 atom stereocenters. The van der Waals surface area contributed by atoms with Crippen molar-refractivity contribution in [2.45, 2.75) is 38.1 Å². The van der Waals surface area contributed by atoms with Gasteiger partial charge in [-0.2, -0.15) is 23.3 Å². The van der Waals surface area contributed by atoms with E-state index in [0.717, 1.165) is 0 Å². The maximum atomic E-state index is 13.7. The second kappa shape index (κ2) is 5.47. The van der Waals surface area contributed by atoms with Gasteiger partial charge in [0.1, 0.15) is 5.75 Å². The third-order valence-electron chi connectivity index (χ3n) is 4.69. The van der Waals surface area contributed by atoms with Crippen molar-refractivity contribution < 1.29 is 28.2 Å². The lowest BCUT2D eigenvalue weighted by Crippen LogP contribution is -2.61. The molecule has 1 aromatic carbocycles. The molecule has 2 N–H and O–H groups in total. The molecule has 1 fully saturated rings. The van der Waals surface area contributed by atoms with Crippen molar-refractivity contribution in [3.63, 3.8) is 0 Å². The molecule has 0 spiro atoms. The molecule has 5 nitrogen and oxygen atoms in total. The maximum Gasteiger partial charge on any atom is 0.439 e. The number of amides is 1. The van der Waals surface area contributed by atoms with Crippen LogP contribution in [0.2, 0.25) is 0 Å². The van der Waals surface area contributed by atoms with Gasteiger partial charge in [-0.3, -0.25) is 4.79 Å². The molecule has 0 saturated heterocycles. The first kappa shape index (κ1) is 16.8. The first-order valence-electron chi connectivity index (χ1n) is 7.64. The van der Waals surface area contributed by atoms with Gasteiger partial charge in [-0.1, -0.05) is 6.92 Å². The van der Waals surface area contributed by atoms with Gasteiger partial charge in [0.05, 0.1) is 5.92 Å². The molecule has 1 aliphatic carbocycles. The minimum atomic E-state index is -5.04. The van der Waals surface area contributed by atoms with E-state index in [0.29, 0.717) is 12.8 Å². The van der Waals surface area contributed by atoms with E-state index in [1.165, 1.54) is 24.3 Å². The molecule has 1 heterocycles. The number of hydrogen-bond donors (Lipinski definition) is 2. The van der Waals surface area contributed by atoms with Crippen LogP contribution in [-0.4, -0.2) is 38.7 Å². The Balaban J connectivity index is 2.03. The Morgan fingerprint density at radius 1 is 1.33 bits per heavy atom. The zero-order valence-electron chi connectivity index (χ0n) is 12.9. The lowest BCUT2D eigenvalue weighted by molar-refractivity contribution is -0.313. The number of phenols is 1. The number of alkyl halides is 3. The van der Waals surface area contributed by atoms with Gasteiger partial charge in [-0.15, -0.1) is 0 Å². The van der Waals surface area contributed by atoms with Gasteiger partial charge in [0, 0.05) is 11.3 Å². The predicted octanol–water partition coefficient (Wildman–Crippen LogP) is 2.89. The molecule has 2 aliphatic rings. The average molecular weight is 342 g/mol. The zero-order valence-corrected chi connectivity index (χ0v) is 12.9. The second-order valence-corrected chi connectivity index (χ2v) is 6.41. The smallest absolute Gasteiger partial charge is 0.439 e. The van der Waals surface area contributed by atoms with Crippen LogP contribution < -0.4 is 0 Å². The maximum absolute atomic E-state index is 13.7. The van der Waals surface area contributed by atoms with Crippen LogP contribution in [-0.2, 0) is 0 Å². The number of nitrogens with zero attached hydrogens (tertiary/aromatic N) is 2. The van der Waals surface area contributed by atoms with E-state index in [4.69, 9.17) is 0 Å². The third kappa shape index (κ3) is 2.45. The Morgan fingerprint density at radius 3 is 2.54 bits per heavy atom. The summed E-state index contributed by atoms with van der Waals surface area (Å²) in [4.78, 5) is 12.5. The summed E-state index contributed by atoms with van der Waals surface area (Å²) < 4.78 is 41.0. The molecular weight excluding hydrogens is 325 g/mol. The molecular formula is C16H17F3N2O3. The molecule has 0 unspecified atom stereocenters. The number of hydrazone groups is 1. The molecule has 130 valence electrons. The summed E-state index contributed by atoms with van der Waals surface area (Å²) in [5, 5.41) is 23.7. The molecule has 1 aliphatic heterocycles. The highest BCUT2D eigenvalue weighted by atomic mass is 19.4. The summed E-state index contributed by atoms with van der Waals surface area (Å²) in [5.41, 5.74) is -3.22. The highest BCUT2D eigenvalue weighted by Gasteiger charge is 2.68. The Labute approximate surface area is 136 Å². The fourth-order valence-corrected chi connectivity index (χ4v) is 3.34. The van der Waals surface area contributed by atoms with Crippen LogP contribution in [0.25, 0.3) is 0 Å². The number of phenolic OH excluding ortho intramolecular Hbond substituents is 1. The number of carbonyl (C=O) groups is 1. The van der Waals surface area contributed by atoms with Crippen molar-refractivity contribution in [1.29, 1.82) is 0 Å². The van der Waals surface area contributed by atoms with Gasteiger partial charge in [0.15, 0.2) is 0 Å². The van der Waals surface area contributed by atoms with E-state index in [9.17, 15) is 28.2 Å². The molecule has 24 heavy (non-hydrogen) atoms. The molecule has 3 rings (SSSR count). The van der Waals surface area contributed by atoms with Gasteiger partial charge in [-0.25, -0.2) is 0 Å². The van der Waals surface area contributed by atoms with Crippen LogP contribution in [0.5, 0.6) is 5.75 Å². The zero-order chi connectivity index (χ0) is 17.7. The van der Waals surface area contributed by atoms with Crippen molar-refractivity contribution in [2.75, 3.05) is 0 Å². The monoisotopic (exact) mass is 342 g/mol. The van der Waals surface area contributed by atoms with E-state index in [1.807, 2.05) is 6.92 Å². The Bertz CT molecular complexity index is 687. The third-order valence-corrected chi connectivity index (χ3v) is 4.69. The quantitative estimate of drug-likeness (QED) is 0.824. The fourth-order valence-electron chi connectivity index (χ4n) is 3.34. The van der Waals surface area contributed by atoms with Crippen LogP contribution in [0.1, 0.15) is 36.5 Å². The van der Waals surface area contributed by atoms with Crippen molar-refractivity contribution in [2.24, 2.45) is 16.9 Å². The lowest BCUT2D eigenvalue weighted by atomic mass is 9.76. The van der Waals surface area contributed by atoms with E-state index < -0.39 is 23.7 Å². The van der Waals surface area contributed by atoms with E-state index >= 15 is 0 Å². The Morgan fingerprint density at radius 2 is 1.96 bits per heavy atom. The summed E-state index contributed by atoms with van der Waals surface area (Å²) in [5.74, 6) is -2.41. The summed E-state index contributed by atoms with van der Waals surface area (Å²) in [6.45, 7) is 1.82. The van der Waals surface area contributed by atoms with Crippen molar-refractivity contribution in [1.82, 2.24) is 5.01 Å². The second-order valence-electron chi connectivity index (χ2n) is 6.41. The largest absolute Gasteiger partial charge is 0.508 e. The number of hydrogen-bond acceptors (Lipinski definition) is 4. The number of halogens is 3. The Kier molecular flexibility index (Phi) is 3.82. The molecule has 8 heteroatoms. The minimum Gasteiger partial charge on any atom is -0.508 e. The minimum absolute atomic E-state index is 0.00606. The average Bonchev–Trinajstić information content (AvgIpc) is 2.81. The van der Waals surface area contributed by atoms with E-state index in [2.05, 4.69) is 5.10 Å². The number of carbonyl (C=O) groups excluding carboxylic acids is 1. The van der Waals surface area contributed by atoms with Crippen LogP contribution in [0.3, 0.4) is 0 Å². The summed E-state index contributed by atoms with van der Waals surface area (Å²) in [6.07, 6.45) is -3.92. The number of fused-ring (bicyclic) bond motifs is 1. The van der Waals surface area contributed by atoms with Crippen LogP contribution >= 0.6 is 0 Å². The first-order chi connectivity index (χ1) is 11.1. The normalized spacial score (nSPS) is 30.0. The topological polar surface area (TPSA) is 73.1 Å². The standard InChI is InChI=1S/C16H17F3N2O3/c1-9-2-7-13-12(8-9)15(24,16(17,18)19)21(20-13)14(23)10-3-5-11(22)6-4-10/h3-6,9,12,22,24H,2,7-8H2,1H3/t9-,12-,15+/m1/s1. The highest BCUT2D eigenvalue weighted by Crippen LogP contribution is 2.49. The van der Waals surface area contributed by atoms with E-state index in [-0.39, 0.29) is 34.4 Å².